The van der Waals surface area contributed by atoms with Crippen LogP contribution in [0.25, 0.3) is 0 Å². The molecule has 3 heteroatoms. The Balaban J connectivity index is 2.54. The molecular weight excluding hydrogens is 336 g/mol. The third-order valence-electron chi connectivity index (χ3n) is 6.45. The Hall–Kier alpha value is -1.64. The lowest BCUT2D eigenvalue weighted by Gasteiger charge is -2.50. The summed E-state index contributed by atoms with van der Waals surface area (Å²) in [5, 5.41) is 0. The molecule has 0 saturated carbocycles. The lowest BCUT2D eigenvalue weighted by molar-refractivity contribution is -0.153. The summed E-state index contributed by atoms with van der Waals surface area (Å²) in [6.45, 7) is 14.1. The van der Waals surface area contributed by atoms with Crippen molar-refractivity contribution in [2.24, 2.45) is 22.7 Å². The van der Waals surface area contributed by atoms with Gasteiger partial charge >= 0.3 is 0 Å². The molecule has 0 heterocycles. The highest BCUT2D eigenvalue weighted by atomic mass is 16.5. The van der Waals surface area contributed by atoms with E-state index in [-0.39, 0.29) is 23.4 Å². The molecule has 0 bridgehead atoms. The zero-order chi connectivity index (χ0) is 20.6. The second kappa shape index (κ2) is 7.77. The molecule has 0 saturated heterocycles. The maximum absolute atomic E-state index is 13.8. The van der Waals surface area contributed by atoms with Crippen LogP contribution in [0.3, 0.4) is 0 Å². The van der Waals surface area contributed by atoms with Gasteiger partial charge < -0.3 is 4.74 Å². The first-order valence-corrected chi connectivity index (χ1v) is 10.2. The molecule has 2 rings (SSSR count). The van der Waals surface area contributed by atoms with Gasteiger partial charge in [0, 0.05) is 5.57 Å². The first-order chi connectivity index (χ1) is 12.5. The SMILES string of the molecule is COC1=C(C)C(=O)[C@]2(CC(CCC=C(C)C)=CC[C@H]2C(C)C)C(=O)C1(C)C. The second-order valence-corrected chi connectivity index (χ2v) is 9.36. The van der Waals surface area contributed by atoms with Gasteiger partial charge in [0.2, 0.25) is 0 Å². The largest absolute Gasteiger partial charge is 0.500 e. The van der Waals surface area contributed by atoms with Crippen molar-refractivity contribution in [1.29, 1.82) is 0 Å². The van der Waals surface area contributed by atoms with E-state index in [0.717, 1.165) is 19.3 Å². The number of ketones is 2. The van der Waals surface area contributed by atoms with Gasteiger partial charge in [0.05, 0.1) is 17.9 Å². The maximum atomic E-state index is 13.8. The fraction of sp³-hybridized carbons (Fsp3) is 0.667. The highest BCUT2D eigenvalue weighted by Crippen LogP contribution is 2.55. The number of hydrogen-bond donors (Lipinski definition) is 0. The maximum Gasteiger partial charge on any atom is 0.176 e. The van der Waals surface area contributed by atoms with Crippen LogP contribution in [-0.4, -0.2) is 18.7 Å². The van der Waals surface area contributed by atoms with E-state index in [1.807, 2.05) is 20.8 Å². The summed E-state index contributed by atoms with van der Waals surface area (Å²) < 4.78 is 5.52. The lowest BCUT2D eigenvalue weighted by atomic mass is 9.51. The summed E-state index contributed by atoms with van der Waals surface area (Å²) in [5.74, 6) is 0.856. The summed E-state index contributed by atoms with van der Waals surface area (Å²) in [6, 6.07) is 0. The Morgan fingerprint density at radius 3 is 2.44 bits per heavy atom. The van der Waals surface area contributed by atoms with Crippen LogP contribution in [0, 0.1) is 22.7 Å². The van der Waals surface area contributed by atoms with E-state index in [1.165, 1.54) is 11.1 Å². The van der Waals surface area contributed by atoms with E-state index in [0.29, 0.717) is 17.8 Å². The summed E-state index contributed by atoms with van der Waals surface area (Å²) in [5.41, 5.74) is 1.45. The zero-order valence-electron chi connectivity index (χ0n) is 18.4. The normalized spacial score (nSPS) is 27.9. The minimum atomic E-state index is -0.946. The molecule has 0 radical (unpaired) electrons. The molecule has 1 spiro atoms. The predicted octanol–water partition coefficient (Wildman–Crippen LogP) is 5.81. The van der Waals surface area contributed by atoms with Crippen LogP contribution in [0.15, 0.2) is 34.6 Å². The molecule has 2 aliphatic carbocycles. The van der Waals surface area contributed by atoms with Crippen molar-refractivity contribution in [1.82, 2.24) is 0 Å². The predicted molar refractivity (Wildman–Crippen MR) is 110 cm³/mol. The van der Waals surface area contributed by atoms with Crippen LogP contribution in [0.1, 0.15) is 74.1 Å². The van der Waals surface area contributed by atoms with Gasteiger partial charge in [-0.25, -0.2) is 0 Å². The van der Waals surface area contributed by atoms with Crippen LogP contribution >= 0.6 is 0 Å². The van der Waals surface area contributed by atoms with E-state index >= 15 is 0 Å². The summed E-state index contributed by atoms with van der Waals surface area (Å²) in [4.78, 5) is 27.4. The monoisotopic (exact) mass is 372 g/mol. The van der Waals surface area contributed by atoms with Crippen molar-refractivity contribution in [2.75, 3.05) is 7.11 Å². The molecule has 2 aliphatic rings. The topological polar surface area (TPSA) is 43.4 Å². The molecular formula is C24H36O3. The molecule has 2 atom stereocenters. The molecule has 0 aromatic rings. The molecule has 3 nitrogen and oxygen atoms in total. The van der Waals surface area contributed by atoms with Crippen molar-refractivity contribution >= 4 is 11.6 Å². The molecule has 0 N–H and O–H groups in total. The number of methoxy groups -OCH3 is 1. The molecule has 0 unspecified atom stereocenters. The number of carbonyl (C=O) groups is 2. The molecule has 0 aromatic carbocycles. The number of ether oxygens (including phenoxy) is 1. The van der Waals surface area contributed by atoms with Gasteiger partial charge in [-0.15, -0.1) is 0 Å². The standard InChI is InChI=1S/C24H36O3/c1-15(2)10-9-11-18-12-13-19(16(3)4)24(14-18)20(25)17(5)21(27-8)23(6,7)22(24)26/h10,12,16,19H,9,11,13-14H2,1-8H3/t19-,24+/m0/s1. The van der Waals surface area contributed by atoms with Gasteiger partial charge in [-0.2, -0.15) is 0 Å². The lowest BCUT2D eigenvalue weighted by Crippen LogP contribution is -2.57. The smallest absolute Gasteiger partial charge is 0.176 e. The van der Waals surface area contributed by atoms with Gasteiger partial charge in [0.1, 0.15) is 5.76 Å². The first kappa shape index (κ1) is 21.7. The number of carbonyl (C=O) groups excluding carboxylic acids is 2. The third-order valence-corrected chi connectivity index (χ3v) is 6.45. The van der Waals surface area contributed by atoms with E-state index in [1.54, 1.807) is 7.11 Å². The van der Waals surface area contributed by atoms with Crippen LogP contribution < -0.4 is 0 Å². The minimum absolute atomic E-state index is 0.0183. The average Bonchev–Trinajstić information content (AvgIpc) is 2.58. The molecule has 0 aliphatic heterocycles. The number of hydrogen-bond acceptors (Lipinski definition) is 3. The van der Waals surface area contributed by atoms with Gasteiger partial charge in [0.25, 0.3) is 0 Å². The van der Waals surface area contributed by atoms with Crippen molar-refractivity contribution in [3.63, 3.8) is 0 Å². The van der Waals surface area contributed by atoms with Crippen molar-refractivity contribution in [3.8, 4) is 0 Å². The van der Waals surface area contributed by atoms with Crippen LogP contribution in [0.4, 0.5) is 0 Å². The number of rotatable bonds is 5. The van der Waals surface area contributed by atoms with Gasteiger partial charge in [-0.1, -0.05) is 37.1 Å². The van der Waals surface area contributed by atoms with Gasteiger partial charge in [0.15, 0.2) is 11.6 Å². The van der Waals surface area contributed by atoms with Gasteiger partial charge in [-0.3, -0.25) is 9.59 Å². The average molecular weight is 373 g/mol. The quantitative estimate of drug-likeness (QED) is 0.452. The van der Waals surface area contributed by atoms with Crippen LogP contribution in [-0.2, 0) is 14.3 Å². The van der Waals surface area contributed by atoms with Crippen LogP contribution in [0.5, 0.6) is 0 Å². The molecule has 27 heavy (non-hydrogen) atoms. The summed E-state index contributed by atoms with van der Waals surface area (Å²) >= 11 is 0. The Labute approximate surface area is 164 Å². The van der Waals surface area contributed by atoms with Crippen LogP contribution in [0.2, 0.25) is 0 Å². The second-order valence-electron chi connectivity index (χ2n) is 9.36. The Morgan fingerprint density at radius 2 is 1.93 bits per heavy atom. The van der Waals surface area contributed by atoms with E-state index in [9.17, 15) is 9.59 Å². The highest BCUT2D eigenvalue weighted by molar-refractivity contribution is 6.20. The zero-order valence-corrected chi connectivity index (χ0v) is 18.4. The van der Waals surface area contributed by atoms with E-state index in [2.05, 4.69) is 39.8 Å². The first-order valence-electron chi connectivity index (χ1n) is 10.2. The summed E-state index contributed by atoms with van der Waals surface area (Å²) in [7, 11) is 1.56. The van der Waals surface area contributed by atoms with E-state index < -0.39 is 10.8 Å². The van der Waals surface area contributed by atoms with Crippen molar-refractivity contribution in [3.05, 3.63) is 34.6 Å². The van der Waals surface area contributed by atoms with E-state index in [4.69, 9.17) is 4.74 Å². The molecule has 0 aromatic heterocycles. The molecule has 150 valence electrons. The summed E-state index contributed by atoms with van der Waals surface area (Å²) in [6.07, 6.45) is 7.74. The highest BCUT2D eigenvalue weighted by Gasteiger charge is 2.61. The number of allylic oxidation sites excluding steroid dienone is 6. The number of Topliss-reactive ketones (excluding diaryl/α,β-unsaturated/α-hetero) is 2. The third kappa shape index (κ3) is 3.58. The Morgan fingerprint density at radius 1 is 1.30 bits per heavy atom. The minimum Gasteiger partial charge on any atom is -0.500 e. The fourth-order valence-corrected chi connectivity index (χ4v) is 5.21. The van der Waals surface area contributed by atoms with Crippen molar-refractivity contribution in [2.45, 2.75) is 74.1 Å². The molecule has 0 amide bonds. The Kier molecular flexibility index (Phi) is 6.23. The van der Waals surface area contributed by atoms with Crippen molar-refractivity contribution < 1.29 is 14.3 Å². The van der Waals surface area contributed by atoms with Gasteiger partial charge in [-0.05, 0) is 72.1 Å². The molecule has 0 fully saturated rings. The Bertz CT molecular complexity index is 714. The fourth-order valence-electron chi connectivity index (χ4n) is 5.21.